The summed E-state index contributed by atoms with van der Waals surface area (Å²) in [5, 5.41) is 0. The standard InChI is InChI=1S/C5H5N.4O.Re/c1-2-4-6-5-3-1;;;;;/h1-5H;;;;;/q;;;;-1;/p+1. The van der Waals surface area contributed by atoms with Gasteiger partial charge in [0.1, 0.15) is 0 Å². The molecule has 0 amide bonds. The van der Waals surface area contributed by atoms with Gasteiger partial charge in [-0.05, 0) is 0 Å². The van der Waals surface area contributed by atoms with Gasteiger partial charge in [0, 0.05) is 12.1 Å². The van der Waals surface area contributed by atoms with Gasteiger partial charge in [-0.2, -0.15) is 0 Å². The smallest absolute Gasteiger partial charge is 0.166 e. The van der Waals surface area contributed by atoms with E-state index in [2.05, 4.69) is 4.98 Å². The Labute approximate surface area is 66.0 Å². The van der Waals surface area contributed by atoms with E-state index >= 15 is 0 Å². The zero-order valence-electron chi connectivity index (χ0n) is 5.40. The van der Waals surface area contributed by atoms with Gasteiger partial charge < -0.3 is 0 Å². The van der Waals surface area contributed by atoms with E-state index in [9.17, 15) is 0 Å². The minimum Gasteiger partial charge on any atom is -0.218 e. The van der Waals surface area contributed by atoms with Gasteiger partial charge in [0.2, 0.25) is 0 Å². The van der Waals surface area contributed by atoms with Gasteiger partial charge >= 0.3 is 30.0 Å². The van der Waals surface area contributed by atoms with Gasteiger partial charge in [0.25, 0.3) is 0 Å². The van der Waals surface area contributed by atoms with Crippen LogP contribution < -0.4 is 8.81 Å². The molecule has 5 nitrogen and oxygen atoms in total. The van der Waals surface area contributed by atoms with Crippen LogP contribution in [0.2, 0.25) is 0 Å². The summed E-state index contributed by atoms with van der Waals surface area (Å²) >= 11 is -6.11. The SMILES string of the molecule is [O]=[Re](=[O])(=[O])[O-].c1cc[nH+]cc1. The maximum absolute atomic E-state index is 8.64. The van der Waals surface area contributed by atoms with Crippen LogP contribution in [-0.2, 0) is 26.2 Å². The van der Waals surface area contributed by atoms with Gasteiger partial charge in [-0.25, -0.2) is 4.98 Å². The van der Waals surface area contributed by atoms with Crippen LogP contribution >= 0.6 is 0 Å². The minimum absolute atomic E-state index is 1.88. The Morgan fingerprint density at radius 1 is 1.00 bits per heavy atom. The summed E-state index contributed by atoms with van der Waals surface area (Å²) in [6.07, 6.45) is 3.75. The number of hydrogen-bond acceptors (Lipinski definition) is 4. The van der Waals surface area contributed by atoms with Crippen molar-refractivity contribution in [1.82, 2.24) is 0 Å². The first-order valence-electron chi connectivity index (χ1n) is 2.53. The van der Waals surface area contributed by atoms with Crippen LogP contribution in [0.4, 0.5) is 0 Å². The van der Waals surface area contributed by atoms with Crippen molar-refractivity contribution in [2.75, 3.05) is 0 Å². The molecule has 0 unspecified atom stereocenters. The average molecular weight is 330 g/mol. The monoisotopic (exact) mass is 331 g/mol. The van der Waals surface area contributed by atoms with Crippen LogP contribution in [0.15, 0.2) is 30.6 Å². The molecule has 1 heterocycles. The van der Waals surface area contributed by atoms with E-state index < -0.39 is 15.8 Å². The minimum atomic E-state index is -6.11. The molecule has 0 radical (unpaired) electrons. The third-order valence-corrected chi connectivity index (χ3v) is 0.607. The molecule has 0 aromatic carbocycles. The van der Waals surface area contributed by atoms with Crippen molar-refractivity contribution in [3.05, 3.63) is 30.6 Å². The molecule has 1 aromatic heterocycles. The molecule has 11 heavy (non-hydrogen) atoms. The number of rotatable bonds is 0. The molecule has 1 N–H and O–H groups in total. The molecule has 1 aromatic rings. The van der Waals surface area contributed by atoms with E-state index in [4.69, 9.17) is 14.2 Å². The second-order valence-electron chi connectivity index (χ2n) is 1.46. The quantitative estimate of drug-likeness (QED) is 0.607. The van der Waals surface area contributed by atoms with E-state index in [0.717, 1.165) is 0 Å². The Kier molecular flexibility index (Phi) is 4.54. The van der Waals surface area contributed by atoms with Crippen LogP contribution in [0.25, 0.3) is 0 Å². The van der Waals surface area contributed by atoms with E-state index in [-0.39, 0.29) is 0 Å². The van der Waals surface area contributed by atoms with Gasteiger partial charge in [0.05, 0.1) is 0 Å². The van der Waals surface area contributed by atoms with E-state index in [1.54, 1.807) is 0 Å². The first-order chi connectivity index (χ1) is 5.00. The fraction of sp³-hybridized carbons (Fsp3) is 0. The average Bonchev–Trinajstić information content (AvgIpc) is 1.88. The van der Waals surface area contributed by atoms with Crippen molar-refractivity contribution in [3.63, 3.8) is 0 Å². The molecule has 0 fully saturated rings. The maximum Gasteiger partial charge on any atom is 0.166 e. The van der Waals surface area contributed by atoms with Gasteiger partial charge in [-0.3, -0.25) is 0 Å². The number of aromatic amines is 1. The molecule has 0 aliphatic carbocycles. The molecule has 0 atom stereocenters. The summed E-state index contributed by atoms with van der Waals surface area (Å²) in [5.74, 6) is 0. The summed E-state index contributed by atoms with van der Waals surface area (Å²) in [6, 6.07) is 5.86. The number of aromatic nitrogens is 1. The van der Waals surface area contributed by atoms with E-state index in [1.807, 2.05) is 30.6 Å². The second kappa shape index (κ2) is 4.91. The third kappa shape index (κ3) is 17.6. The van der Waals surface area contributed by atoms with Gasteiger partial charge in [0.15, 0.2) is 12.4 Å². The van der Waals surface area contributed by atoms with Crippen molar-refractivity contribution >= 4 is 0 Å². The van der Waals surface area contributed by atoms with Crippen molar-refractivity contribution in [2.24, 2.45) is 0 Å². The van der Waals surface area contributed by atoms with Crippen LogP contribution in [0, 0.1) is 0 Å². The first-order valence-corrected chi connectivity index (χ1v) is 6.96. The van der Waals surface area contributed by atoms with Gasteiger partial charge in [-0.1, -0.05) is 6.07 Å². The summed E-state index contributed by atoms with van der Waals surface area (Å²) in [7, 11) is 0. The Morgan fingerprint density at radius 3 is 1.45 bits per heavy atom. The molecular formula is C5H6NO4Re. The number of H-pyrrole nitrogens is 1. The fourth-order valence-electron chi connectivity index (χ4n) is 0.342. The van der Waals surface area contributed by atoms with Crippen molar-refractivity contribution in [3.8, 4) is 0 Å². The molecule has 0 aliphatic rings. The molecule has 1 rings (SSSR count). The number of nitrogens with one attached hydrogen (secondary N) is 1. The second-order valence-corrected chi connectivity index (χ2v) is 4.17. The Balaban J connectivity index is 0.000000187. The third-order valence-electron chi connectivity index (χ3n) is 0.607. The van der Waals surface area contributed by atoms with E-state index in [0.29, 0.717) is 0 Å². The number of pyridine rings is 1. The molecule has 0 aliphatic heterocycles. The molecule has 6 heteroatoms. The summed E-state index contributed by atoms with van der Waals surface area (Å²) < 4.78 is 34.6. The zero-order chi connectivity index (χ0) is 8.74. The van der Waals surface area contributed by atoms with E-state index in [1.165, 1.54) is 0 Å². The van der Waals surface area contributed by atoms with Crippen molar-refractivity contribution < 1.29 is 35.0 Å². The normalized spacial score (nSPS) is 9.55. The summed E-state index contributed by atoms with van der Waals surface area (Å²) in [5.41, 5.74) is 0. The van der Waals surface area contributed by atoms with Crippen molar-refractivity contribution in [2.45, 2.75) is 0 Å². The topological polar surface area (TPSA) is 88.4 Å². The fourth-order valence-corrected chi connectivity index (χ4v) is 0.342. The molecule has 0 bridgehead atoms. The summed E-state index contributed by atoms with van der Waals surface area (Å²) in [6.45, 7) is 0. The Bertz CT molecular complexity index is 284. The molecular weight excluding hydrogens is 324 g/mol. The molecule has 62 valence electrons. The van der Waals surface area contributed by atoms with Crippen LogP contribution in [0.1, 0.15) is 0 Å². The maximum atomic E-state index is 8.64. The predicted molar refractivity (Wildman–Crippen MR) is 25.1 cm³/mol. The molecule has 0 saturated carbocycles. The van der Waals surface area contributed by atoms with Crippen molar-refractivity contribution in [1.29, 1.82) is 0 Å². The summed E-state index contributed by atoms with van der Waals surface area (Å²) in [4.78, 5) is 2.89. The van der Waals surface area contributed by atoms with Crippen LogP contribution in [-0.4, -0.2) is 0 Å². The molecule has 0 saturated heterocycles. The Morgan fingerprint density at radius 2 is 1.36 bits per heavy atom. The zero-order valence-corrected chi connectivity index (χ0v) is 8.11. The largest absolute Gasteiger partial charge is 0.218 e. The molecule has 0 spiro atoms. The van der Waals surface area contributed by atoms with Gasteiger partial charge in [-0.15, -0.1) is 0 Å². The first kappa shape index (κ1) is 10.2. The Hall–Kier alpha value is -0.828. The van der Waals surface area contributed by atoms with Crippen LogP contribution in [0.5, 0.6) is 0 Å². The number of hydrogen-bond donors (Lipinski definition) is 0. The van der Waals surface area contributed by atoms with Crippen LogP contribution in [0.3, 0.4) is 0 Å². The predicted octanol–water partition coefficient (Wildman–Crippen LogP) is -1.05.